The molecule has 17 heavy (non-hydrogen) atoms. The molecule has 0 saturated heterocycles. The third kappa shape index (κ3) is 2.79. The number of pyridine rings is 2. The van der Waals surface area contributed by atoms with Gasteiger partial charge >= 0.3 is 0 Å². The molecule has 4 heteroatoms. The van der Waals surface area contributed by atoms with E-state index in [9.17, 15) is 0 Å². The molecule has 0 aliphatic rings. The van der Waals surface area contributed by atoms with E-state index in [2.05, 4.69) is 21.4 Å². The fraction of sp³-hybridized carbons (Fsp3) is 0.154. The summed E-state index contributed by atoms with van der Waals surface area (Å²) in [5.41, 5.74) is 3.23. The molecule has 2 rings (SSSR count). The van der Waals surface area contributed by atoms with Crippen molar-refractivity contribution in [2.45, 2.75) is 13.8 Å². The normalized spacial score (nSPS) is 9.71. The van der Waals surface area contributed by atoms with Gasteiger partial charge in [0.1, 0.15) is 5.82 Å². The van der Waals surface area contributed by atoms with Crippen molar-refractivity contribution >= 4 is 11.5 Å². The summed E-state index contributed by atoms with van der Waals surface area (Å²) in [7, 11) is 0. The SMILES string of the molecule is Cc1ccc(Nc2cc(C#N)cc(C)n2)cn1. The largest absolute Gasteiger partial charge is 0.339 e. The Morgan fingerprint density at radius 3 is 2.65 bits per heavy atom. The van der Waals surface area contributed by atoms with E-state index in [0.717, 1.165) is 17.1 Å². The highest BCUT2D eigenvalue weighted by Crippen LogP contribution is 2.15. The standard InChI is InChI=1S/C13H12N4/c1-9-3-4-12(8-15-9)17-13-6-11(7-14)5-10(2)16-13/h3-6,8H,1-2H3,(H,16,17). The lowest BCUT2D eigenvalue weighted by atomic mass is 10.2. The summed E-state index contributed by atoms with van der Waals surface area (Å²) in [5.74, 6) is 0.659. The van der Waals surface area contributed by atoms with Gasteiger partial charge in [0.15, 0.2) is 0 Å². The number of rotatable bonds is 2. The highest BCUT2D eigenvalue weighted by Gasteiger charge is 2.00. The summed E-state index contributed by atoms with van der Waals surface area (Å²) in [6.45, 7) is 3.79. The van der Waals surface area contributed by atoms with Gasteiger partial charge in [-0.05, 0) is 38.1 Å². The lowest BCUT2D eigenvalue weighted by Gasteiger charge is -2.06. The van der Waals surface area contributed by atoms with Gasteiger partial charge in [-0.2, -0.15) is 5.26 Å². The summed E-state index contributed by atoms with van der Waals surface area (Å²) >= 11 is 0. The van der Waals surface area contributed by atoms with E-state index in [-0.39, 0.29) is 0 Å². The van der Waals surface area contributed by atoms with Gasteiger partial charge in [-0.15, -0.1) is 0 Å². The number of hydrogen-bond acceptors (Lipinski definition) is 4. The van der Waals surface area contributed by atoms with Crippen molar-refractivity contribution in [1.29, 1.82) is 5.26 Å². The van der Waals surface area contributed by atoms with Crippen LogP contribution in [0.5, 0.6) is 0 Å². The van der Waals surface area contributed by atoms with Crippen LogP contribution >= 0.6 is 0 Å². The van der Waals surface area contributed by atoms with E-state index >= 15 is 0 Å². The fourth-order valence-corrected chi connectivity index (χ4v) is 1.49. The van der Waals surface area contributed by atoms with Crippen molar-refractivity contribution in [3.05, 3.63) is 47.4 Å². The molecule has 0 radical (unpaired) electrons. The number of nitriles is 1. The van der Waals surface area contributed by atoms with Crippen molar-refractivity contribution < 1.29 is 0 Å². The maximum Gasteiger partial charge on any atom is 0.131 e. The molecule has 0 amide bonds. The Kier molecular flexibility index (Phi) is 3.01. The van der Waals surface area contributed by atoms with Crippen LogP contribution in [0.2, 0.25) is 0 Å². The highest BCUT2D eigenvalue weighted by molar-refractivity contribution is 5.57. The van der Waals surface area contributed by atoms with Gasteiger partial charge in [0, 0.05) is 11.4 Å². The first-order valence-corrected chi connectivity index (χ1v) is 5.26. The van der Waals surface area contributed by atoms with Gasteiger partial charge in [0.2, 0.25) is 0 Å². The fourth-order valence-electron chi connectivity index (χ4n) is 1.49. The molecular weight excluding hydrogens is 212 g/mol. The van der Waals surface area contributed by atoms with Crippen LogP contribution in [0.3, 0.4) is 0 Å². The summed E-state index contributed by atoms with van der Waals surface area (Å²) in [4.78, 5) is 8.49. The van der Waals surface area contributed by atoms with Crippen molar-refractivity contribution in [1.82, 2.24) is 9.97 Å². The topological polar surface area (TPSA) is 61.6 Å². The van der Waals surface area contributed by atoms with E-state index in [4.69, 9.17) is 5.26 Å². The molecule has 2 aromatic heterocycles. The molecule has 4 nitrogen and oxygen atoms in total. The Labute approximate surface area is 100.0 Å². The monoisotopic (exact) mass is 224 g/mol. The minimum atomic E-state index is 0.597. The number of hydrogen-bond donors (Lipinski definition) is 1. The van der Waals surface area contributed by atoms with Crippen LogP contribution in [0.4, 0.5) is 11.5 Å². The molecule has 0 atom stereocenters. The highest BCUT2D eigenvalue weighted by atomic mass is 15.0. The lowest BCUT2D eigenvalue weighted by molar-refractivity contribution is 1.17. The molecule has 0 unspecified atom stereocenters. The molecule has 0 fully saturated rings. The number of aromatic nitrogens is 2. The van der Waals surface area contributed by atoms with Crippen LogP contribution in [0.1, 0.15) is 17.0 Å². The van der Waals surface area contributed by atoms with Crippen LogP contribution < -0.4 is 5.32 Å². The van der Waals surface area contributed by atoms with E-state index in [1.54, 1.807) is 18.3 Å². The zero-order chi connectivity index (χ0) is 12.3. The summed E-state index contributed by atoms with van der Waals surface area (Å²) in [6, 6.07) is 9.42. The maximum absolute atomic E-state index is 8.87. The molecule has 0 saturated carbocycles. The predicted octanol–water partition coefficient (Wildman–Crippen LogP) is 2.71. The van der Waals surface area contributed by atoms with Gasteiger partial charge in [-0.1, -0.05) is 0 Å². The summed E-state index contributed by atoms with van der Waals surface area (Å²) in [5, 5.41) is 12.0. The summed E-state index contributed by atoms with van der Waals surface area (Å²) < 4.78 is 0. The lowest BCUT2D eigenvalue weighted by Crippen LogP contribution is -1.96. The third-order valence-electron chi connectivity index (χ3n) is 2.27. The van der Waals surface area contributed by atoms with Crippen molar-refractivity contribution in [3.63, 3.8) is 0 Å². The van der Waals surface area contributed by atoms with Crippen LogP contribution in [-0.2, 0) is 0 Å². The Balaban J connectivity index is 2.27. The maximum atomic E-state index is 8.87. The molecular formula is C13H12N4. The van der Waals surface area contributed by atoms with Crippen LogP contribution in [-0.4, -0.2) is 9.97 Å². The first-order chi connectivity index (χ1) is 8.17. The van der Waals surface area contributed by atoms with Crippen molar-refractivity contribution in [3.8, 4) is 6.07 Å². The zero-order valence-corrected chi connectivity index (χ0v) is 9.73. The van der Waals surface area contributed by atoms with Crippen LogP contribution in [0, 0.1) is 25.2 Å². The number of anilines is 2. The Morgan fingerprint density at radius 2 is 2.00 bits per heavy atom. The first-order valence-electron chi connectivity index (χ1n) is 5.26. The van der Waals surface area contributed by atoms with Crippen molar-refractivity contribution in [2.75, 3.05) is 5.32 Å². The quantitative estimate of drug-likeness (QED) is 0.851. The van der Waals surface area contributed by atoms with Crippen LogP contribution in [0.25, 0.3) is 0 Å². The Bertz CT molecular complexity index is 567. The predicted molar refractivity (Wildman–Crippen MR) is 65.9 cm³/mol. The second-order valence-corrected chi connectivity index (χ2v) is 3.81. The Hall–Kier alpha value is -2.41. The van der Waals surface area contributed by atoms with E-state index < -0.39 is 0 Å². The Morgan fingerprint density at radius 1 is 1.18 bits per heavy atom. The number of nitrogens with zero attached hydrogens (tertiary/aromatic N) is 3. The van der Waals surface area contributed by atoms with E-state index in [1.807, 2.05) is 26.0 Å². The van der Waals surface area contributed by atoms with E-state index in [0.29, 0.717) is 11.4 Å². The molecule has 84 valence electrons. The van der Waals surface area contributed by atoms with Gasteiger partial charge in [-0.25, -0.2) is 4.98 Å². The van der Waals surface area contributed by atoms with Gasteiger partial charge in [0.05, 0.1) is 23.5 Å². The zero-order valence-electron chi connectivity index (χ0n) is 9.73. The van der Waals surface area contributed by atoms with E-state index in [1.165, 1.54) is 0 Å². The molecule has 2 heterocycles. The number of nitrogens with one attached hydrogen (secondary N) is 1. The molecule has 0 aliphatic carbocycles. The molecule has 0 spiro atoms. The molecule has 0 aromatic carbocycles. The third-order valence-corrected chi connectivity index (χ3v) is 2.27. The average molecular weight is 224 g/mol. The minimum absolute atomic E-state index is 0.597. The number of aryl methyl sites for hydroxylation is 2. The summed E-state index contributed by atoms with van der Waals surface area (Å²) in [6.07, 6.45) is 1.74. The minimum Gasteiger partial charge on any atom is -0.339 e. The second-order valence-electron chi connectivity index (χ2n) is 3.81. The van der Waals surface area contributed by atoms with Gasteiger partial charge in [-0.3, -0.25) is 4.98 Å². The second kappa shape index (κ2) is 4.62. The van der Waals surface area contributed by atoms with Gasteiger partial charge in [0.25, 0.3) is 0 Å². The first kappa shape index (κ1) is 11.1. The molecule has 0 bridgehead atoms. The average Bonchev–Trinajstić information content (AvgIpc) is 2.31. The smallest absolute Gasteiger partial charge is 0.131 e. The van der Waals surface area contributed by atoms with Crippen LogP contribution in [0.15, 0.2) is 30.5 Å². The molecule has 1 N–H and O–H groups in total. The van der Waals surface area contributed by atoms with Gasteiger partial charge < -0.3 is 5.32 Å². The molecule has 2 aromatic rings. The molecule has 0 aliphatic heterocycles. The van der Waals surface area contributed by atoms with Crippen molar-refractivity contribution in [2.24, 2.45) is 0 Å².